The number of rotatable bonds is 5. The molecule has 1 heterocycles. The van der Waals surface area contributed by atoms with E-state index in [0.717, 1.165) is 11.3 Å². The summed E-state index contributed by atoms with van der Waals surface area (Å²) < 4.78 is 1.53. The summed E-state index contributed by atoms with van der Waals surface area (Å²) in [5.74, 6) is 3.27. The zero-order valence-corrected chi connectivity index (χ0v) is 12.1. The molecule has 0 radical (unpaired) electrons. The average molecular weight is 283 g/mol. The van der Waals surface area contributed by atoms with Crippen molar-refractivity contribution in [1.82, 2.24) is 20.0 Å². The number of terminal acetylenes is 1. The fourth-order valence-corrected chi connectivity index (χ4v) is 1.97. The summed E-state index contributed by atoms with van der Waals surface area (Å²) >= 11 is 0. The summed E-state index contributed by atoms with van der Waals surface area (Å²) in [6.07, 6.45) is 5.74. The minimum Gasteiger partial charge on any atom is -0.289 e. The van der Waals surface area contributed by atoms with Gasteiger partial charge in [-0.1, -0.05) is 31.0 Å². The number of hydrazine groups is 1. The van der Waals surface area contributed by atoms with Crippen molar-refractivity contribution >= 4 is 5.95 Å². The predicted octanol–water partition coefficient (Wildman–Crippen LogP) is 1.05. The lowest BCUT2D eigenvalue weighted by atomic mass is 10.2. The van der Waals surface area contributed by atoms with E-state index in [-0.39, 0.29) is 11.6 Å². The van der Waals surface area contributed by atoms with Gasteiger partial charge >= 0.3 is 5.69 Å². The largest absolute Gasteiger partial charge is 0.356 e. The van der Waals surface area contributed by atoms with Crippen molar-refractivity contribution in [2.45, 2.75) is 20.3 Å². The number of nitrogens with zero attached hydrogens (tertiary/aromatic N) is 3. The molecular formula is C15H17N5O. The van der Waals surface area contributed by atoms with E-state index in [1.54, 1.807) is 0 Å². The number of nitrogens with one attached hydrogen (secondary N) is 2. The topological polar surface area (TPSA) is 71.8 Å². The van der Waals surface area contributed by atoms with Crippen LogP contribution in [0.3, 0.4) is 0 Å². The molecule has 0 amide bonds. The van der Waals surface area contributed by atoms with Gasteiger partial charge in [0.15, 0.2) is 0 Å². The molecule has 2 aromatic rings. The first-order valence-electron chi connectivity index (χ1n) is 6.65. The van der Waals surface area contributed by atoms with Crippen LogP contribution in [0.15, 0.2) is 29.1 Å². The number of para-hydroxylation sites is 1. The second kappa shape index (κ2) is 6.68. The lowest BCUT2D eigenvalue weighted by Gasteiger charge is -2.13. The molecule has 0 saturated heterocycles. The molecule has 0 aliphatic rings. The Morgan fingerprint density at radius 1 is 1.33 bits per heavy atom. The van der Waals surface area contributed by atoms with E-state index < -0.39 is 0 Å². The molecule has 0 spiro atoms. The van der Waals surface area contributed by atoms with Gasteiger partial charge in [0.05, 0.1) is 12.2 Å². The minimum atomic E-state index is -0.374. The van der Waals surface area contributed by atoms with Crippen LogP contribution < -0.4 is 16.5 Å². The second-order valence-electron chi connectivity index (χ2n) is 4.40. The highest BCUT2D eigenvalue weighted by Gasteiger charge is 2.11. The number of aryl methyl sites for hydroxylation is 2. The Morgan fingerprint density at radius 3 is 2.76 bits per heavy atom. The molecule has 0 aliphatic heterocycles. The number of anilines is 1. The van der Waals surface area contributed by atoms with Gasteiger partial charge in [-0.3, -0.25) is 5.43 Å². The summed E-state index contributed by atoms with van der Waals surface area (Å²) in [5.41, 5.74) is 6.88. The highest BCUT2D eigenvalue weighted by molar-refractivity contribution is 5.41. The Kier molecular flexibility index (Phi) is 4.69. The van der Waals surface area contributed by atoms with Crippen LogP contribution in [-0.2, 0) is 6.42 Å². The molecule has 2 rings (SSSR count). The summed E-state index contributed by atoms with van der Waals surface area (Å²) in [6.45, 7) is 4.20. The molecule has 0 fully saturated rings. The lowest BCUT2D eigenvalue weighted by Crippen LogP contribution is -2.31. The van der Waals surface area contributed by atoms with Crippen LogP contribution in [0.2, 0.25) is 0 Å². The van der Waals surface area contributed by atoms with Crippen molar-refractivity contribution in [3.63, 3.8) is 0 Å². The van der Waals surface area contributed by atoms with Crippen LogP contribution in [0.1, 0.15) is 18.3 Å². The van der Waals surface area contributed by atoms with Gasteiger partial charge in [0.25, 0.3) is 0 Å². The van der Waals surface area contributed by atoms with Gasteiger partial charge in [0.2, 0.25) is 5.95 Å². The molecule has 0 saturated carbocycles. The van der Waals surface area contributed by atoms with Crippen molar-refractivity contribution in [2.24, 2.45) is 0 Å². The summed E-state index contributed by atoms with van der Waals surface area (Å²) in [6, 6.07) is 7.63. The summed E-state index contributed by atoms with van der Waals surface area (Å²) in [4.78, 5) is 20.6. The third kappa shape index (κ3) is 3.27. The first kappa shape index (κ1) is 14.8. The van der Waals surface area contributed by atoms with E-state index in [1.165, 1.54) is 4.57 Å². The molecule has 0 atom stereocenters. The Bertz CT molecular complexity index is 730. The van der Waals surface area contributed by atoms with E-state index in [4.69, 9.17) is 6.42 Å². The molecule has 0 unspecified atom stereocenters. The lowest BCUT2D eigenvalue weighted by molar-refractivity contribution is 0.753. The molecule has 108 valence electrons. The van der Waals surface area contributed by atoms with E-state index in [2.05, 4.69) is 26.7 Å². The normalized spacial score (nSPS) is 10.1. The maximum Gasteiger partial charge on any atom is 0.356 e. The minimum absolute atomic E-state index is 0.219. The molecular weight excluding hydrogens is 266 g/mol. The van der Waals surface area contributed by atoms with Crippen LogP contribution in [0.25, 0.3) is 5.69 Å². The summed E-state index contributed by atoms with van der Waals surface area (Å²) in [5, 5.41) is 0. The maximum absolute atomic E-state index is 12.3. The van der Waals surface area contributed by atoms with E-state index in [1.807, 2.05) is 38.1 Å². The molecule has 21 heavy (non-hydrogen) atoms. The maximum atomic E-state index is 12.3. The van der Waals surface area contributed by atoms with Crippen molar-refractivity contribution in [2.75, 3.05) is 12.0 Å². The van der Waals surface area contributed by atoms with Gasteiger partial charge in [-0.2, -0.15) is 9.97 Å². The first-order chi connectivity index (χ1) is 10.2. The fraction of sp³-hybridized carbons (Fsp3) is 0.267. The Hall–Kier alpha value is -2.65. The second-order valence-corrected chi connectivity index (χ2v) is 4.40. The number of hydrogen-bond donors (Lipinski definition) is 2. The monoisotopic (exact) mass is 283 g/mol. The number of hydrogen-bond acceptors (Lipinski definition) is 5. The third-order valence-electron chi connectivity index (χ3n) is 2.95. The Morgan fingerprint density at radius 2 is 2.10 bits per heavy atom. The highest BCUT2D eigenvalue weighted by Crippen LogP contribution is 2.13. The van der Waals surface area contributed by atoms with Gasteiger partial charge in [-0.25, -0.2) is 14.8 Å². The molecule has 0 bridgehead atoms. The molecule has 6 heteroatoms. The Labute approximate surface area is 123 Å². The van der Waals surface area contributed by atoms with Crippen molar-refractivity contribution in [1.29, 1.82) is 0 Å². The van der Waals surface area contributed by atoms with Gasteiger partial charge in [0, 0.05) is 6.42 Å². The van der Waals surface area contributed by atoms with E-state index >= 15 is 0 Å². The molecule has 0 aliphatic carbocycles. The predicted molar refractivity (Wildman–Crippen MR) is 82.2 cm³/mol. The smallest absolute Gasteiger partial charge is 0.289 e. The van der Waals surface area contributed by atoms with Crippen molar-refractivity contribution < 1.29 is 0 Å². The molecule has 1 aromatic heterocycles. The zero-order valence-electron chi connectivity index (χ0n) is 12.1. The van der Waals surface area contributed by atoms with Crippen LogP contribution >= 0.6 is 0 Å². The molecule has 1 aromatic carbocycles. The fourth-order valence-electron chi connectivity index (χ4n) is 1.97. The van der Waals surface area contributed by atoms with E-state index in [9.17, 15) is 4.79 Å². The number of aromatic nitrogens is 3. The van der Waals surface area contributed by atoms with Gasteiger partial charge < -0.3 is 0 Å². The van der Waals surface area contributed by atoms with Crippen LogP contribution in [0.5, 0.6) is 0 Å². The average Bonchev–Trinajstić information content (AvgIpc) is 2.48. The summed E-state index contributed by atoms with van der Waals surface area (Å²) in [7, 11) is 0. The van der Waals surface area contributed by atoms with Crippen LogP contribution in [-0.4, -0.2) is 21.1 Å². The molecule has 2 N–H and O–H groups in total. The third-order valence-corrected chi connectivity index (χ3v) is 2.95. The quantitative estimate of drug-likeness (QED) is 0.487. The van der Waals surface area contributed by atoms with Crippen molar-refractivity contribution in [3.05, 3.63) is 46.1 Å². The van der Waals surface area contributed by atoms with Crippen molar-refractivity contribution in [3.8, 4) is 18.0 Å². The highest BCUT2D eigenvalue weighted by atomic mass is 16.1. The van der Waals surface area contributed by atoms with Gasteiger partial charge in [-0.15, -0.1) is 6.42 Å². The Balaban J connectivity index is 2.46. The zero-order chi connectivity index (χ0) is 15.2. The molecule has 6 nitrogen and oxygen atoms in total. The van der Waals surface area contributed by atoms with Crippen LogP contribution in [0.4, 0.5) is 5.95 Å². The standard InChI is InChI=1S/C15H17N5O/c1-4-10-16-19-14-17-13(5-2)20(15(21)18-14)12-9-7-6-8-11(12)3/h1,6-9,16H,5,10H2,2-3H3,(H,18,19,21). The number of benzene rings is 1. The first-order valence-corrected chi connectivity index (χ1v) is 6.65. The van der Waals surface area contributed by atoms with E-state index in [0.29, 0.717) is 18.8 Å². The SMILES string of the molecule is C#CCNNc1nc(CC)n(-c2ccccc2C)c(=O)n1. The van der Waals surface area contributed by atoms with Gasteiger partial charge in [-0.05, 0) is 18.6 Å². The van der Waals surface area contributed by atoms with Gasteiger partial charge in [0.1, 0.15) is 5.82 Å². The van der Waals surface area contributed by atoms with Crippen LogP contribution in [0, 0.1) is 19.3 Å².